The SMILES string of the molecule is [C-]#[N+]c1cc2c(-c3cccc4c3CCC(C)(C)C4)cn(C3CNC3)c2cc1C.[C-]#[N+]c1cc2c(-c3cccc4c3CCC(C)(C)C4)cn(CCC(O)CO)c2cc1C.[C-]#[N+]c1cc2c(-c3cncc(C)c3Cl)cn(C3CC(C#N)C3)c2cc1C.[C-]#[N+]c1cc2c(-c3cncc(C)c3Cl)cn([C@@H]3CC[C@@H](S(C)(=O)=O)C3)c2cc1C.[C-]#[N+]c1cc2c(-c3cncc(C)c3Cl)cn([C@@H]3CC[C@H](S(C)(=O)=O)C3)c2cc1C. The molecule has 6 aliphatic rings. The quantitative estimate of drug-likeness (QED) is 0.0817. The summed E-state index contributed by atoms with van der Waals surface area (Å²) in [5.41, 5.74) is 33.3. The van der Waals surface area contributed by atoms with Crippen LogP contribution in [0.15, 0.2) is 165 Å². The van der Waals surface area contributed by atoms with Gasteiger partial charge in [-0.3, -0.25) is 15.0 Å². The number of pyridine rings is 3. The lowest BCUT2D eigenvalue weighted by molar-refractivity contribution is 0.0849. The van der Waals surface area contributed by atoms with Crippen LogP contribution in [0.2, 0.25) is 15.1 Å². The first kappa shape index (κ1) is 101. The highest BCUT2D eigenvalue weighted by Gasteiger charge is 2.39. The molecule has 7 aromatic carbocycles. The molecule has 21 nitrogen and oxygen atoms in total. The zero-order chi connectivity index (χ0) is 101. The summed E-state index contributed by atoms with van der Waals surface area (Å²) >= 11 is 19.8. The van der Waals surface area contributed by atoms with Gasteiger partial charge in [-0.2, -0.15) is 5.26 Å². The first-order valence-electron chi connectivity index (χ1n) is 48.7. The summed E-state index contributed by atoms with van der Waals surface area (Å²) in [5.74, 6) is 0.133. The van der Waals surface area contributed by atoms with E-state index in [9.17, 15) is 27.0 Å². The van der Waals surface area contributed by atoms with Crippen molar-refractivity contribution in [3.63, 3.8) is 0 Å². The van der Waals surface area contributed by atoms with Gasteiger partial charge in [-0.1, -0.05) is 98.9 Å². The molecule has 5 atom stereocenters. The fourth-order valence-corrected chi connectivity index (χ4v) is 24.9. The van der Waals surface area contributed by atoms with Crippen LogP contribution < -0.4 is 5.32 Å². The first-order chi connectivity index (χ1) is 67.7. The van der Waals surface area contributed by atoms with Gasteiger partial charge in [0.25, 0.3) is 0 Å². The Balaban J connectivity index is 0.000000122. The van der Waals surface area contributed by atoms with Crippen molar-refractivity contribution in [3.8, 4) is 61.7 Å². The predicted molar refractivity (Wildman–Crippen MR) is 576 cm³/mol. The molecule has 9 heterocycles. The maximum Gasteiger partial charge on any atom is 0.190 e. The second-order valence-electron chi connectivity index (χ2n) is 41.6. The first-order valence-corrected chi connectivity index (χ1v) is 53.7. The molecule has 8 aromatic heterocycles. The smallest absolute Gasteiger partial charge is 0.190 e. The highest BCUT2D eigenvalue weighted by Crippen LogP contribution is 2.52. The van der Waals surface area contributed by atoms with Gasteiger partial charge in [0.05, 0.1) is 89.2 Å². The average molecular weight is 1990 g/mol. The third kappa shape index (κ3) is 20.0. The van der Waals surface area contributed by atoms with E-state index in [2.05, 4.69) is 200 Å². The minimum atomic E-state index is -3.06. The van der Waals surface area contributed by atoms with E-state index >= 15 is 0 Å². The predicted octanol–water partition coefficient (Wildman–Crippen LogP) is 28.6. The van der Waals surface area contributed by atoms with Gasteiger partial charge in [-0.05, 0) is 328 Å². The van der Waals surface area contributed by atoms with Crippen LogP contribution in [0.3, 0.4) is 0 Å². The summed E-state index contributed by atoms with van der Waals surface area (Å²) in [6.45, 7) is 65.1. The summed E-state index contributed by atoms with van der Waals surface area (Å²) in [7, 11) is -6.12. The molecule has 726 valence electrons. The molecule has 15 aromatic rings. The van der Waals surface area contributed by atoms with Crippen LogP contribution >= 0.6 is 34.8 Å². The molecular formula is C116H118Cl3N15O6S2. The van der Waals surface area contributed by atoms with Crippen molar-refractivity contribution in [2.75, 3.05) is 32.2 Å². The summed E-state index contributed by atoms with van der Waals surface area (Å²) in [6, 6.07) is 37.1. The molecule has 3 N–H and O–H groups in total. The molecule has 21 rings (SSSR count). The lowest BCUT2D eigenvalue weighted by Gasteiger charge is -2.32. The largest absolute Gasteiger partial charge is 0.394 e. The van der Waals surface area contributed by atoms with Gasteiger partial charge < -0.3 is 38.4 Å². The summed E-state index contributed by atoms with van der Waals surface area (Å²) in [5, 5.41) is 38.1. The van der Waals surface area contributed by atoms with Crippen molar-refractivity contribution in [2.45, 2.75) is 227 Å². The summed E-state index contributed by atoms with van der Waals surface area (Å²) in [6.07, 6.45) is 36.4. The Kier molecular flexibility index (Phi) is 28.8. The Bertz CT molecular complexity index is 7900. The zero-order valence-electron chi connectivity index (χ0n) is 82.9. The number of nitrogens with zero attached hydrogens (tertiary/aromatic N) is 14. The van der Waals surface area contributed by atoms with Gasteiger partial charge >= 0.3 is 0 Å². The maximum atomic E-state index is 12.1. The molecule has 3 saturated carbocycles. The molecule has 1 aliphatic heterocycles. The Hall–Kier alpha value is -12.7. The molecule has 1 saturated heterocycles. The minimum absolute atomic E-state index is 0.0979. The molecule has 0 radical (unpaired) electrons. The van der Waals surface area contributed by atoms with Crippen molar-refractivity contribution in [1.29, 1.82) is 5.26 Å². The zero-order valence-corrected chi connectivity index (χ0v) is 86.8. The van der Waals surface area contributed by atoms with E-state index in [4.69, 9.17) is 72.9 Å². The number of benzene rings is 7. The minimum Gasteiger partial charge on any atom is -0.394 e. The second kappa shape index (κ2) is 40.6. The number of aliphatic hydroxyl groups is 2. The Morgan fingerprint density at radius 2 is 0.761 bits per heavy atom. The standard InChI is InChI=1S/C26H30N2O2.C25H27N3.2C22H22ClN3O2S.C21H17ClN4/c1-17-12-25-22(13-24(17)27-4)23(15-28(25)11-9-19(30)16-29)21-7-5-6-18-14-26(2,3)10-8-20(18)21;1-16-10-24-21(11-23(16)26-4)22(15-28(24)18-13-27-14-18)20-7-5-6-17-12-25(2,3)9-8-19(17)20;2*1-13-7-21-17(9-20(13)24-3)19(18-11-25-10-14(2)22(18)23)12-26(21)15-5-6-16(8-15)29(4,27)28;1-12-4-20-16(7-19(12)24-3)18(17-10-25-9-13(2)21(17)22)11-26(20)15-5-14(6-15)8-23/h5-7,12-13,15,19,29-30H,8-11,14,16H2,1-3H3;5-7,10-11,15,18,27H,8-9,12-14H2,1-3H3;2*7,9-12,15-16H,5-6,8H2,1-2,4H3;4,7,9-11,14-15H,5-6H2,1-2H3/t;;15-,16+;15-,16-;/m..11./s1. The van der Waals surface area contributed by atoms with Crippen LogP contribution in [0.25, 0.3) is 134 Å². The molecule has 0 spiro atoms. The monoisotopic (exact) mass is 1990 g/mol. The number of nitrogens with one attached hydrogen (secondary N) is 1. The Labute approximate surface area is 848 Å². The van der Waals surface area contributed by atoms with Crippen LogP contribution in [-0.4, -0.2) is 114 Å². The van der Waals surface area contributed by atoms with E-state index in [1.165, 1.54) is 75.2 Å². The van der Waals surface area contributed by atoms with E-state index in [0.717, 1.165) is 197 Å². The molecule has 5 aliphatic carbocycles. The molecule has 1 unspecified atom stereocenters. The van der Waals surface area contributed by atoms with Crippen LogP contribution in [0.5, 0.6) is 0 Å². The van der Waals surface area contributed by atoms with E-state index in [1.807, 2.05) is 84.9 Å². The van der Waals surface area contributed by atoms with Crippen molar-refractivity contribution in [2.24, 2.45) is 16.7 Å². The van der Waals surface area contributed by atoms with Crippen LogP contribution in [0.1, 0.15) is 189 Å². The number of hydrogen-bond donors (Lipinski definition) is 3. The van der Waals surface area contributed by atoms with Gasteiger partial charge in [0.2, 0.25) is 0 Å². The molecule has 4 fully saturated rings. The van der Waals surface area contributed by atoms with Crippen LogP contribution in [-0.2, 0) is 51.9 Å². The highest BCUT2D eigenvalue weighted by molar-refractivity contribution is 7.91. The lowest BCUT2D eigenvalue weighted by atomic mass is 9.73. The number of hydrogen-bond acceptors (Lipinski definition) is 11. The fourth-order valence-electron chi connectivity index (χ4n) is 22.0. The number of aliphatic hydroxyl groups excluding tert-OH is 2. The van der Waals surface area contributed by atoms with Gasteiger partial charge in [-0.15, -0.1) is 0 Å². The van der Waals surface area contributed by atoms with Gasteiger partial charge in [-0.25, -0.2) is 41.1 Å². The van der Waals surface area contributed by atoms with Crippen molar-refractivity contribution >= 4 is 137 Å². The van der Waals surface area contributed by atoms with Crippen molar-refractivity contribution in [3.05, 3.63) is 304 Å². The third-order valence-corrected chi connectivity index (χ3v) is 35.3. The van der Waals surface area contributed by atoms with E-state index < -0.39 is 25.8 Å². The van der Waals surface area contributed by atoms with Crippen LogP contribution in [0, 0.1) is 116 Å². The van der Waals surface area contributed by atoms with Gasteiger partial charge in [0.1, 0.15) is 19.7 Å². The molecular weight excluding hydrogens is 1870 g/mol. The summed E-state index contributed by atoms with van der Waals surface area (Å²) < 4.78 is 59.4. The molecule has 0 amide bonds. The van der Waals surface area contributed by atoms with Gasteiger partial charge in [0, 0.05) is 191 Å². The highest BCUT2D eigenvalue weighted by atomic mass is 35.5. The van der Waals surface area contributed by atoms with Gasteiger partial charge in [0.15, 0.2) is 28.4 Å². The number of halogens is 3. The lowest BCUT2D eigenvalue weighted by Crippen LogP contribution is -2.43. The van der Waals surface area contributed by atoms with Crippen molar-refractivity contribution < 1.29 is 27.0 Å². The number of aromatic nitrogens is 8. The molecule has 142 heavy (non-hydrogen) atoms. The third-order valence-electron chi connectivity index (χ3n) is 30.5. The van der Waals surface area contributed by atoms with Crippen LogP contribution in [0.4, 0.5) is 28.4 Å². The number of fused-ring (bicyclic) bond motifs is 7. The topological polar surface area (TPSA) is 230 Å². The van der Waals surface area contributed by atoms with Crippen molar-refractivity contribution in [1.82, 2.24) is 43.1 Å². The van der Waals surface area contributed by atoms with E-state index in [0.29, 0.717) is 99.4 Å². The number of aryl methyl sites for hydroxylation is 9. The average Bonchev–Trinajstić information content (AvgIpc) is 1.81. The maximum absolute atomic E-state index is 12.1. The fraction of sp³-hybridized carbons (Fsp3) is 0.371. The summed E-state index contributed by atoms with van der Waals surface area (Å²) in [4.78, 5) is 31.4. The van der Waals surface area contributed by atoms with E-state index in [1.54, 1.807) is 37.2 Å². The second-order valence-corrected chi connectivity index (χ2v) is 47.4. The van der Waals surface area contributed by atoms with E-state index in [-0.39, 0.29) is 35.1 Å². The number of sulfone groups is 2. The Morgan fingerprint density at radius 1 is 0.437 bits per heavy atom. The normalized spacial score (nSPS) is 18.5. The Morgan fingerprint density at radius 3 is 1.08 bits per heavy atom. The molecule has 0 bridgehead atoms. The number of rotatable bonds is 15. The molecule has 26 heteroatoms. The number of nitriles is 1.